The highest BCUT2D eigenvalue weighted by atomic mass is 32.2. The molecule has 0 atom stereocenters. The van der Waals surface area contributed by atoms with Crippen LogP contribution >= 0.6 is 0 Å². The van der Waals surface area contributed by atoms with Gasteiger partial charge in [-0.25, -0.2) is 8.42 Å². The standard InChI is InChI=1S/C20H24N2O3S/c1-15-8-9-18(16(2)14-15)21-10-12-22(13-11-21)20(23)17-6-4-5-7-19(17)26(3,24)25/h4-9,14H,10-13H2,1-3H3. The van der Waals surface area contributed by atoms with Gasteiger partial charge in [-0.15, -0.1) is 0 Å². The third kappa shape index (κ3) is 3.75. The number of rotatable bonds is 3. The molecule has 5 nitrogen and oxygen atoms in total. The topological polar surface area (TPSA) is 57.7 Å². The third-order valence-corrected chi connectivity index (χ3v) is 5.93. The van der Waals surface area contributed by atoms with Crippen LogP contribution < -0.4 is 4.90 Å². The maximum absolute atomic E-state index is 12.9. The van der Waals surface area contributed by atoms with Crippen LogP contribution in [0.1, 0.15) is 21.5 Å². The minimum Gasteiger partial charge on any atom is -0.368 e. The van der Waals surface area contributed by atoms with Crippen molar-refractivity contribution in [1.29, 1.82) is 0 Å². The monoisotopic (exact) mass is 372 g/mol. The number of hydrogen-bond donors (Lipinski definition) is 0. The highest BCUT2D eigenvalue weighted by Crippen LogP contribution is 2.24. The molecule has 3 rings (SSSR count). The van der Waals surface area contributed by atoms with E-state index in [1.54, 1.807) is 23.1 Å². The van der Waals surface area contributed by atoms with Crippen LogP contribution in [0.5, 0.6) is 0 Å². The van der Waals surface area contributed by atoms with Crippen LogP contribution in [-0.2, 0) is 9.84 Å². The minimum absolute atomic E-state index is 0.0989. The lowest BCUT2D eigenvalue weighted by atomic mass is 10.1. The van der Waals surface area contributed by atoms with Gasteiger partial charge in [0.05, 0.1) is 10.5 Å². The van der Waals surface area contributed by atoms with Crippen molar-refractivity contribution in [3.8, 4) is 0 Å². The fraction of sp³-hybridized carbons (Fsp3) is 0.350. The first-order valence-corrected chi connectivity index (χ1v) is 10.6. The van der Waals surface area contributed by atoms with Crippen molar-refractivity contribution in [1.82, 2.24) is 4.90 Å². The number of sulfone groups is 1. The van der Waals surface area contributed by atoms with Crippen molar-refractivity contribution in [2.45, 2.75) is 18.7 Å². The van der Waals surface area contributed by atoms with Gasteiger partial charge in [-0.3, -0.25) is 4.79 Å². The molecule has 0 radical (unpaired) electrons. The van der Waals surface area contributed by atoms with Crippen molar-refractivity contribution in [2.24, 2.45) is 0 Å². The van der Waals surface area contributed by atoms with E-state index in [0.29, 0.717) is 13.1 Å². The maximum Gasteiger partial charge on any atom is 0.255 e. The van der Waals surface area contributed by atoms with E-state index in [-0.39, 0.29) is 16.4 Å². The Kier molecular flexibility index (Phi) is 5.05. The van der Waals surface area contributed by atoms with Crippen LogP contribution in [0, 0.1) is 13.8 Å². The summed E-state index contributed by atoms with van der Waals surface area (Å²) in [6, 6.07) is 12.8. The molecule has 0 aromatic heterocycles. The summed E-state index contributed by atoms with van der Waals surface area (Å²) >= 11 is 0. The second-order valence-corrected chi connectivity index (χ2v) is 8.82. The molecule has 1 heterocycles. The van der Waals surface area contributed by atoms with Crippen LogP contribution in [0.25, 0.3) is 0 Å². The number of hydrogen-bond acceptors (Lipinski definition) is 4. The lowest BCUT2D eigenvalue weighted by molar-refractivity contribution is 0.0743. The Labute approximate surface area is 155 Å². The van der Waals surface area contributed by atoms with Crippen molar-refractivity contribution >= 4 is 21.4 Å². The molecule has 0 unspecified atom stereocenters. The number of anilines is 1. The van der Waals surface area contributed by atoms with Crippen molar-refractivity contribution in [3.63, 3.8) is 0 Å². The van der Waals surface area contributed by atoms with Gasteiger partial charge in [0.25, 0.3) is 5.91 Å². The van der Waals surface area contributed by atoms with E-state index in [1.807, 2.05) is 0 Å². The number of benzene rings is 2. The second kappa shape index (κ2) is 7.11. The minimum atomic E-state index is -3.44. The SMILES string of the molecule is Cc1ccc(N2CCN(C(=O)c3ccccc3S(C)(=O)=O)CC2)c(C)c1. The molecule has 2 aromatic carbocycles. The average Bonchev–Trinajstić information content (AvgIpc) is 2.61. The molecule has 138 valence electrons. The normalized spacial score (nSPS) is 15.2. The quantitative estimate of drug-likeness (QED) is 0.831. The summed E-state index contributed by atoms with van der Waals surface area (Å²) in [6.45, 7) is 6.79. The number of carbonyl (C=O) groups is 1. The summed E-state index contributed by atoms with van der Waals surface area (Å²) in [5.41, 5.74) is 3.92. The first kappa shape index (κ1) is 18.5. The Hall–Kier alpha value is -2.34. The molecule has 1 aliphatic heterocycles. The Balaban J connectivity index is 1.76. The Morgan fingerprint density at radius 3 is 2.23 bits per heavy atom. The van der Waals surface area contributed by atoms with E-state index in [9.17, 15) is 13.2 Å². The van der Waals surface area contributed by atoms with Gasteiger partial charge in [0.15, 0.2) is 9.84 Å². The van der Waals surface area contributed by atoms with Crippen molar-refractivity contribution in [3.05, 3.63) is 59.2 Å². The van der Waals surface area contributed by atoms with E-state index >= 15 is 0 Å². The van der Waals surface area contributed by atoms with Crippen LogP contribution in [0.15, 0.2) is 47.4 Å². The molecule has 0 spiro atoms. The first-order valence-electron chi connectivity index (χ1n) is 8.68. The summed E-state index contributed by atoms with van der Waals surface area (Å²) in [7, 11) is -3.44. The largest absolute Gasteiger partial charge is 0.368 e. The molecule has 0 bridgehead atoms. The Morgan fingerprint density at radius 1 is 0.962 bits per heavy atom. The molecule has 1 amide bonds. The predicted octanol–water partition coefficient (Wildman–Crippen LogP) is 2.67. The van der Waals surface area contributed by atoms with E-state index < -0.39 is 9.84 Å². The zero-order chi connectivity index (χ0) is 18.9. The van der Waals surface area contributed by atoms with Gasteiger partial charge in [0.1, 0.15) is 0 Å². The summed E-state index contributed by atoms with van der Waals surface area (Å²) in [6.07, 6.45) is 1.14. The van der Waals surface area contributed by atoms with E-state index in [4.69, 9.17) is 0 Å². The number of amides is 1. The van der Waals surface area contributed by atoms with E-state index in [2.05, 4.69) is 36.9 Å². The van der Waals surface area contributed by atoms with Gasteiger partial charge in [0.2, 0.25) is 0 Å². The average molecular weight is 372 g/mol. The summed E-state index contributed by atoms with van der Waals surface area (Å²) in [4.78, 5) is 17.0. The summed E-state index contributed by atoms with van der Waals surface area (Å²) in [5.74, 6) is -0.216. The van der Waals surface area contributed by atoms with Crippen LogP contribution in [0.2, 0.25) is 0 Å². The molecule has 1 saturated heterocycles. The molecule has 0 aliphatic carbocycles. The zero-order valence-electron chi connectivity index (χ0n) is 15.4. The molecular formula is C20H24N2O3S. The van der Waals surface area contributed by atoms with Crippen molar-refractivity contribution < 1.29 is 13.2 Å². The molecule has 2 aromatic rings. The first-order chi connectivity index (χ1) is 12.3. The van der Waals surface area contributed by atoms with Gasteiger partial charge in [-0.05, 0) is 37.6 Å². The highest BCUT2D eigenvalue weighted by Gasteiger charge is 2.26. The number of aryl methyl sites for hydroxylation is 2. The van der Waals surface area contributed by atoms with E-state index in [0.717, 1.165) is 19.3 Å². The Morgan fingerprint density at radius 2 is 1.62 bits per heavy atom. The summed E-state index contributed by atoms with van der Waals surface area (Å²) < 4.78 is 23.9. The lowest BCUT2D eigenvalue weighted by Gasteiger charge is -2.37. The molecule has 1 fully saturated rings. The smallest absolute Gasteiger partial charge is 0.255 e. The molecular weight excluding hydrogens is 348 g/mol. The van der Waals surface area contributed by atoms with Gasteiger partial charge < -0.3 is 9.80 Å². The maximum atomic E-state index is 12.9. The number of piperazine rings is 1. The van der Waals surface area contributed by atoms with Crippen LogP contribution in [-0.4, -0.2) is 51.7 Å². The summed E-state index contributed by atoms with van der Waals surface area (Å²) in [5, 5.41) is 0. The molecule has 0 saturated carbocycles. The third-order valence-electron chi connectivity index (χ3n) is 4.78. The van der Waals surface area contributed by atoms with Crippen LogP contribution in [0.3, 0.4) is 0 Å². The van der Waals surface area contributed by atoms with Gasteiger partial charge in [0, 0.05) is 38.1 Å². The highest BCUT2D eigenvalue weighted by molar-refractivity contribution is 7.90. The van der Waals surface area contributed by atoms with Gasteiger partial charge in [-0.2, -0.15) is 0 Å². The second-order valence-electron chi connectivity index (χ2n) is 6.84. The van der Waals surface area contributed by atoms with Gasteiger partial charge in [-0.1, -0.05) is 29.8 Å². The van der Waals surface area contributed by atoms with Crippen LogP contribution in [0.4, 0.5) is 5.69 Å². The molecule has 1 aliphatic rings. The predicted molar refractivity (Wildman–Crippen MR) is 104 cm³/mol. The molecule has 26 heavy (non-hydrogen) atoms. The zero-order valence-corrected chi connectivity index (χ0v) is 16.2. The lowest BCUT2D eigenvalue weighted by Crippen LogP contribution is -2.49. The number of nitrogens with zero attached hydrogens (tertiary/aromatic N) is 2. The molecule has 6 heteroatoms. The number of carbonyl (C=O) groups excluding carboxylic acids is 1. The fourth-order valence-electron chi connectivity index (χ4n) is 3.45. The Bertz CT molecular complexity index is 930. The fourth-order valence-corrected chi connectivity index (χ4v) is 4.33. The van der Waals surface area contributed by atoms with Crippen molar-refractivity contribution in [2.75, 3.05) is 37.3 Å². The molecule has 0 N–H and O–H groups in total. The van der Waals surface area contributed by atoms with E-state index in [1.165, 1.54) is 22.9 Å². The van der Waals surface area contributed by atoms with Gasteiger partial charge >= 0.3 is 0 Å².